The molecular formula is C22H27NO3S. The molecule has 1 aliphatic rings. The summed E-state index contributed by atoms with van der Waals surface area (Å²) >= 11 is 1.60. The van der Waals surface area contributed by atoms with Gasteiger partial charge in [0.05, 0.1) is 12.2 Å². The molecule has 0 saturated carbocycles. The number of ether oxygens (including phenoxy) is 1. The molecule has 0 aromatic heterocycles. The fourth-order valence-electron chi connectivity index (χ4n) is 3.57. The third kappa shape index (κ3) is 4.85. The molecule has 0 unspecified atom stereocenters. The van der Waals surface area contributed by atoms with Gasteiger partial charge >= 0.3 is 0 Å². The molecule has 2 aromatic carbocycles. The van der Waals surface area contributed by atoms with Crippen molar-refractivity contribution in [3.63, 3.8) is 0 Å². The van der Waals surface area contributed by atoms with Gasteiger partial charge in [-0.3, -0.25) is 4.79 Å². The van der Waals surface area contributed by atoms with E-state index in [1.54, 1.807) is 11.8 Å². The Balaban J connectivity index is 1.56. The summed E-state index contributed by atoms with van der Waals surface area (Å²) in [5.74, 6) is 0.943. The van der Waals surface area contributed by atoms with Gasteiger partial charge in [-0.05, 0) is 49.8 Å². The smallest absolute Gasteiger partial charge is 0.254 e. The molecule has 3 rings (SSSR count). The second-order valence-corrected chi connectivity index (χ2v) is 7.91. The molecule has 1 heterocycles. The molecule has 1 N–H and O–H groups in total. The van der Waals surface area contributed by atoms with Crippen molar-refractivity contribution in [3.05, 3.63) is 60.2 Å². The topological polar surface area (TPSA) is 49.8 Å². The molecule has 0 radical (unpaired) electrons. The summed E-state index contributed by atoms with van der Waals surface area (Å²) in [5, 5.41) is 10.0. The van der Waals surface area contributed by atoms with Gasteiger partial charge in [-0.15, -0.1) is 11.8 Å². The Morgan fingerprint density at radius 2 is 1.78 bits per heavy atom. The van der Waals surface area contributed by atoms with Crippen molar-refractivity contribution in [2.24, 2.45) is 5.41 Å². The first kappa shape index (κ1) is 19.8. The lowest BCUT2D eigenvalue weighted by atomic mass is 9.76. The quantitative estimate of drug-likeness (QED) is 0.729. The van der Waals surface area contributed by atoms with Gasteiger partial charge in [0.25, 0.3) is 5.91 Å². The molecule has 1 aliphatic heterocycles. The van der Waals surface area contributed by atoms with Crippen LogP contribution in [0.4, 0.5) is 0 Å². The SMILES string of the molecule is CSc1ccccc1C(=O)N1CCC(CO)(CCOc2ccccc2)CC1. The normalized spacial score (nSPS) is 16.1. The summed E-state index contributed by atoms with van der Waals surface area (Å²) < 4.78 is 5.82. The summed E-state index contributed by atoms with van der Waals surface area (Å²) in [6.45, 7) is 2.06. The van der Waals surface area contributed by atoms with Gasteiger partial charge in [-0.25, -0.2) is 0 Å². The van der Waals surface area contributed by atoms with E-state index in [1.807, 2.05) is 65.8 Å². The number of hydrogen-bond acceptors (Lipinski definition) is 4. The van der Waals surface area contributed by atoms with Gasteiger partial charge in [-0.2, -0.15) is 0 Å². The number of piperidine rings is 1. The second-order valence-electron chi connectivity index (χ2n) is 7.06. The lowest BCUT2D eigenvalue weighted by Crippen LogP contribution is -2.45. The highest BCUT2D eigenvalue weighted by Crippen LogP contribution is 2.35. The predicted octanol–water partition coefficient (Wildman–Crippen LogP) is 4.09. The molecule has 1 amide bonds. The van der Waals surface area contributed by atoms with Gasteiger partial charge < -0.3 is 14.7 Å². The number of carbonyl (C=O) groups excluding carboxylic acids is 1. The Bertz CT molecular complexity index is 742. The lowest BCUT2D eigenvalue weighted by molar-refractivity contribution is 0.0240. The minimum atomic E-state index is -0.162. The number of amides is 1. The molecule has 5 heteroatoms. The van der Waals surface area contributed by atoms with E-state index in [4.69, 9.17) is 4.74 Å². The first-order chi connectivity index (χ1) is 13.2. The maximum Gasteiger partial charge on any atom is 0.254 e. The van der Waals surface area contributed by atoms with Crippen LogP contribution in [0.5, 0.6) is 5.75 Å². The number of aliphatic hydroxyl groups is 1. The zero-order valence-electron chi connectivity index (χ0n) is 15.8. The van der Waals surface area contributed by atoms with Gasteiger partial charge in [0.2, 0.25) is 0 Å². The number of thioether (sulfide) groups is 1. The van der Waals surface area contributed by atoms with Crippen LogP contribution in [-0.2, 0) is 0 Å². The summed E-state index contributed by atoms with van der Waals surface area (Å²) in [4.78, 5) is 15.8. The fourth-order valence-corrected chi connectivity index (χ4v) is 4.16. The van der Waals surface area contributed by atoms with E-state index in [9.17, 15) is 9.90 Å². The van der Waals surface area contributed by atoms with Gasteiger partial charge in [0, 0.05) is 30.0 Å². The average molecular weight is 386 g/mol. The number of rotatable bonds is 7. The lowest BCUT2D eigenvalue weighted by Gasteiger charge is -2.41. The molecule has 1 saturated heterocycles. The summed E-state index contributed by atoms with van der Waals surface area (Å²) in [6, 6.07) is 17.5. The number of aliphatic hydroxyl groups excluding tert-OH is 1. The molecule has 0 aliphatic carbocycles. The van der Waals surface area contributed by atoms with Gasteiger partial charge in [0.15, 0.2) is 0 Å². The van der Waals surface area contributed by atoms with Crippen LogP contribution in [0, 0.1) is 5.41 Å². The molecule has 1 fully saturated rings. The second kappa shape index (κ2) is 9.29. The highest BCUT2D eigenvalue weighted by atomic mass is 32.2. The number of hydrogen-bond donors (Lipinski definition) is 1. The maximum atomic E-state index is 12.9. The van der Waals surface area contributed by atoms with E-state index in [0.717, 1.165) is 35.5 Å². The largest absolute Gasteiger partial charge is 0.494 e. The molecule has 0 spiro atoms. The Morgan fingerprint density at radius 3 is 2.44 bits per heavy atom. The molecule has 4 nitrogen and oxygen atoms in total. The fraction of sp³-hybridized carbons (Fsp3) is 0.409. The molecular weight excluding hydrogens is 358 g/mol. The predicted molar refractivity (Wildman–Crippen MR) is 109 cm³/mol. The molecule has 144 valence electrons. The first-order valence-electron chi connectivity index (χ1n) is 9.38. The standard InChI is InChI=1S/C22H27NO3S/c1-27-20-10-6-5-9-19(20)21(25)23-14-11-22(17-24,12-15-23)13-16-26-18-7-3-2-4-8-18/h2-10,24H,11-17H2,1H3. The average Bonchev–Trinajstić information content (AvgIpc) is 2.74. The van der Waals surface area contributed by atoms with Crippen LogP contribution >= 0.6 is 11.8 Å². The Morgan fingerprint density at radius 1 is 1.11 bits per heavy atom. The van der Waals surface area contributed by atoms with Crippen LogP contribution in [0.15, 0.2) is 59.5 Å². The highest BCUT2D eigenvalue weighted by molar-refractivity contribution is 7.98. The monoisotopic (exact) mass is 385 g/mol. The maximum absolute atomic E-state index is 12.9. The van der Waals surface area contributed by atoms with Gasteiger partial charge in [0.1, 0.15) is 5.75 Å². The Kier molecular flexibility index (Phi) is 6.80. The highest BCUT2D eigenvalue weighted by Gasteiger charge is 2.35. The molecule has 0 atom stereocenters. The van der Waals surface area contributed by atoms with Crippen LogP contribution in [0.3, 0.4) is 0 Å². The van der Waals surface area contributed by atoms with Crippen molar-refractivity contribution in [2.75, 3.05) is 32.6 Å². The molecule has 27 heavy (non-hydrogen) atoms. The van der Waals surface area contributed by atoms with E-state index >= 15 is 0 Å². The van der Waals surface area contributed by atoms with E-state index in [-0.39, 0.29) is 17.9 Å². The zero-order chi connectivity index (χ0) is 19.1. The Labute approximate surface area is 165 Å². The number of benzene rings is 2. The summed E-state index contributed by atoms with van der Waals surface area (Å²) in [7, 11) is 0. The number of carbonyl (C=O) groups is 1. The molecule has 0 bridgehead atoms. The van der Waals surface area contributed by atoms with E-state index in [0.29, 0.717) is 19.7 Å². The molecule has 2 aromatic rings. The third-order valence-corrected chi connectivity index (χ3v) is 6.22. The van der Waals surface area contributed by atoms with Gasteiger partial charge in [-0.1, -0.05) is 30.3 Å². The van der Waals surface area contributed by atoms with Crippen LogP contribution in [-0.4, -0.2) is 48.5 Å². The Hall–Kier alpha value is -1.98. The number of likely N-dealkylation sites (tertiary alicyclic amines) is 1. The minimum absolute atomic E-state index is 0.0898. The van der Waals surface area contributed by atoms with E-state index < -0.39 is 0 Å². The summed E-state index contributed by atoms with van der Waals surface area (Å²) in [5.41, 5.74) is 0.610. The minimum Gasteiger partial charge on any atom is -0.494 e. The first-order valence-corrected chi connectivity index (χ1v) is 10.6. The van der Waals surface area contributed by atoms with E-state index in [2.05, 4.69) is 0 Å². The van der Waals surface area contributed by atoms with Crippen molar-refractivity contribution < 1.29 is 14.6 Å². The van der Waals surface area contributed by atoms with Crippen molar-refractivity contribution in [3.8, 4) is 5.75 Å². The van der Waals surface area contributed by atoms with Crippen LogP contribution in [0.25, 0.3) is 0 Å². The third-order valence-electron chi connectivity index (χ3n) is 5.43. The van der Waals surface area contributed by atoms with Crippen LogP contribution < -0.4 is 4.74 Å². The van der Waals surface area contributed by atoms with Crippen molar-refractivity contribution >= 4 is 17.7 Å². The van der Waals surface area contributed by atoms with Crippen LogP contribution in [0.1, 0.15) is 29.6 Å². The van der Waals surface area contributed by atoms with E-state index in [1.165, 1.54) is 0 Å². The number of para-hydroxylation sites is 1. The zero-order valence-corrected chi connectivity index (χ0v) is 16.6. The van der Waals surface area contributed by atoms with Crippen molar-refractivity contribution in [1.82, 2.24) is 4.90 Å². The summed E-state index contributed by atoms with van der Waals surface area (Å²) in [6.07, 6.45) is 4.39. The van der Waals surface area contributed by atoms with Crippen LogP contribution in [0.2, 0.25) is 0 Å². The van der Waals surface area contributed by atoms with Crippen molar-refractivity contribution in [1.29, 1.82) is 0 Å². The number of nitrogens with zero attached hydrogens (tertiary/aromatic N) is 1. The van der Waals surface area contributed by atoms with Crippen molar-refractivity contribution in [2.45, 2.75) is 24.2 Å².